The van der Waals surface area contributed by atoms with E-state index in [-0.39, 0.29) is 5.84 Å². The summed E-state index contributed by atoms with van der Waals surface area (Å²) >= 11 is 7.50. The highest BCUT2D eigenvalue weighted by atomic mass is 35.5. The van der Waals surface area contributed by atoms with Gasteiger partial charge in [0, 0.05) is 5.02 Å². The zero-order valence-corrected chi connectivity index (χ0v) is 10.9. The van der Waals surface area contributed by atoms with Crippen molar-refractivity contribution in [1.82, 2.24) is 0 Å². The number of halogens is 1. The minimum Gasteiger partial charge on any atom is -0.488 e. The normalized spacial score (nSPS) is 11.5. The smallest absolute Gasteiger partial charge is 0.173 e. The zero-order valence-electron chi connectivity index (χ0n) is 9.34. The molecule has 0 bridgehead atoms. The Balaban J connectivity index is 2.22. The Bertz CT molecular complexity index is 555. The van der Waals surface area contributed by atoms with E-state index in [9.17, 15) is 0 Å². The van der Waals surface area contributed by atoms with Gasteiger partial charge in [-0.25, -0.2) is 0 Å². The van der Waals surface area contributed by atoms with E-state index in [1.54, 1.807) is 29.5 Å². The molecule has 0 radical (unpaired) electrons. The summed E-state index contributed by atoms with van der Waals surface area (Å²) in [6.45, 7) is 0.412. The van der Waals surface area contributed by atoms with Crippen molar-refractivity contribution in [1.29, 1.82) is 0 Å². The van der Waals surface area contributed by atoms with Crippen LogP contribution >= 0.6 is 22.9 Å². The van der Waals surface area contributed by atoms with Crippen molar-refractivity contribution in [2.75, 3.05) is 0 Å². The van der Waals surface area contributed by atoms with Crippen LogP contribution in [0.3, 0.4) is 0 Å². The van der Waals surface area contributed by atoms with E-state index in [2.05, 4.69) is 5.16 Å². The third-order valence-corrected chi connectivity index (χ3v) is 3.27. The first-order valence-corrected chi connectivity index (χ1v) is 6.44. The monoisotopic (exact) mass is 282 g/mol. The van der Waals surface area contributed by atoms with Crippen LogP contribution in [0.4, 0.5) is 0 Å². The van der Waals surface area contributed by atoms with Gasteiger partial charge < -0.3 is 15.7 Å². The number of hydrogen-bond donors (Lipinski definition) is 2. The Morgan fingerprint density at radius 1 is 1.44 bits per heavy atom. The fourth-order valence-electron chi connectivity index (χ4n) is 1.42. The molecule has 0 aliphatic carbocycles. The first kappa shape index (κ1) is 12.7. The van der Waals surface area contributed by atoms with Crippen LogP contribution in [-0.2, 0) is 6.61 Å². The highest BCUT2D eigenvalue weighted by Gasteiger charge is 2.09. The highest BCUT2D eigenvalue weighted by molar-refractivity contribution is 7.07. The molecule has 1 aromatic heterocycles. The lowest BCUT2D eigenvalue weighted by Crippen LogP contribution is -2.14. The minimum absolute atomic E-state index is 0.00742. The molecule has 1 heterocycles. The van der Waals surface area contributed by atoms with Crippen LogP contribution in [0.15, 0.2) is 40.2 Å². The Kier molecular flexibility index (Phi) is 4.07. The van der Waals surface area contributed by atoms with Gasteiger partial charge in [-0.2, -0.15) is 11.3 Å². The van der Waals surface area contributed by atoms with Crippen molar-refractivity contribution < 1.29 is 9.94 Å². The molecule has 0 saturated heterocycles. The number of rotatable bonds is 4. The third kappa shape index (κ3) is 2.94. The van der Waals surface area contributed by atoms with E-state index in [0.717, 1.165) is 5.56 Å². The summed E-state index contributed by atoms with van der Waals surface area (Å²) in [5, 5.41) is 16.2. The van der Waals surface area contributed by atoms with Gasteiger partial charge in [0.1, 0.15) is 12.4 Å². The predicted molar refractivity (Wildman–Crippen MR) is 72.6 cm³/mol. The molecule has 0 unspecified atom stereocenters. The molecule has 0 spiro atoms. The second kappa shape index (κ2) is 5.75. The number of ether oxygens (including phenoxy) is 1. The lowest BCUT2D eigenvalue weighted by Gasteiger charge is -2.10. The summed E-state index contributed by atoms with van der Waals surface area (Å²) in [6.07, 6.45) is 0. The quantitative estimate of drug-likeness (QED) is 0.392. The molecule has 3 N–H and O–H groups in total. The number of thiophene rings is 1. The number of amidine groups is 1. The molecule has 2 rings (SSSR count). The summed E-state index contributed by atoms with van der Waals surface area (Å²) in [5.74, 6) is 0.482. The summed E-state index contributed by atoms with van der Waals surface area (Å²) < 4.78 is 5.64. The topological polar surface area (TPSA) is 67.8 Å². The Labute approximate surface area is 113 Å². The molecule has 0 atom stereocenters. The van der Waals surface area contributed by atoms with Crippen LogP contribution in [0, 0.1) is 0 Å². The maximum absolute atomic E-state index is 8.71. The van der Waals surface area contributed by atoms with Gasteiger partial charge in [-0.05, 0) is 40.6 Å². The number of hydrogen-bond acceptors (Lipinski definition) is 4. The van der Waals surface area contributed by atoms with Gasteiger partial charge in [0.05, 0.1) is 5.56 Å². The van der Waals surface area contributed by atoms with Gasteiger partial charge in [-0.15, -0.1) is 0 Å². The lowest BCUT2D eigenvalue weighted by atomic mass is 10.2. The molecule has 0 fully saturated rings. The van der Waals surface area contributed by atoms with E-state index in [4.69, 9.17) is 27.3 Å². The summed E-state index contributed by atoms with van der Waals surface area (Å²) in [5.41, 5.74) is 7.14. The summed E-state index contributed by atoms with van der Waals surface area (Å²) in [6, 6.07) is 6.92. The SMILES string of the molecule is N/C(=N/O)c1ccc(Cl)cc1OCc1ccsc1. The average molecular weight is 283 g/mol. The third-order valence-electron chi connectivity index (χ3n) is 2.30. The van der Waals surface area contributed by atoms with Crippen LogP contribution in [0.5, 0.6) is 5.75 Å². The van der Waals surface area contributed by atoms with Crippen molar-refractivity contribution in [3.05, 3.63) is 51.2 Å². The van der Waals surface area contributed by atoms with E-state index in [0.29, 0.717) is 22.9 Å². The molecule has 0 saturated carbocycles. The van der Waals surface area contributed by atoms with Gasteiger partial charge in [-0.1, -0.05) is 16.8 Å². The van der Waals surface area contributed by atoms with Gasteiger partial charge in [0.2, 0.25) is 0 Å². The van der Waals surface area contributed by atoms with Gasteiger partial charge in [0.15, 0.2) is 5.84 Å². The number of benzene rings is 1. The second-order valence-corrected chi connectivity index (χ2v) is 4.76. The van der Waals surface area contributed by atoms with Crippen LogP contribution < -0.4 is 10.5 Å². The zero-order chi connectivity index (χ0) is 13.0. The molecule has 6 heteroatoms. The molecular weight excluding hydrogens is 272 g/mol. The molecular formula is C12H11ClN2O2S. The molecule has 94 valence electrons. The Hall–Kier alpha value is -1.72. The summed E-state index contributed by atoms with van der Waals surface area (Å²) in [4.78, 5) is 0. The Morgan fingerprint density at radius 3 is 2.94 bits per heavy atom. The lowest BCUT2D eigenvalue weighted by molar-refractivity contribution is 0.303. The van der Waals surface area contributed by atoms with Crippen LogP contribution in [0.2, 0.25) is 5.02 Å². The molecule has 1 aromatic carbocycles. The Morgan fingerprint density at radius 2 is 2.28 bits per heavy atom. The van der Waals surface area contributed by atoms with Crippen molar-refractivity contribution >= 4 is 28.8 Å². The summed E-state index contributed by atoms with van der Waals surface area (Å²) in [7, 11) is 0. The van der Waals surface area contributed by atoms with Crippen LogP contribution in [-0.4, -0.2) is 11.0 Å². The van der Waals surface area contributed by atoms with Crippen LogP contribution in [0.1, 0.15) is 11.1 Å². The predicted octanol–water partition coefficient (Wildman–Crippen LogP) is 3.08. The average Bonchev–Trinajstić information content (AvgIpc) is 2.88. The van der Waals surface area contributed by atoms with Crippen molar-refractivity contribution in [2.24, 2.45) is 10.9 Å². The molecule has 0 amide bonds. The molecule has 2 aromatic rings. The molecule has 0 aliphatic rings. The highest BCUT2D eigenvalue weighted by Crippen LogP contribution is 2.24. The first-order chi connectivity index (χ1) is 8.70. The van der Waals surface area contributed by atoms with Gasteiger partial charge >= 0.3 is 0 Å². The van der Waals surface area contributed by atoms with Crippen molar-refractivity contribution in [3.8, 4) is 5.75 Å². The first-order valence-electron chi connectivity index (χ1n) is 5.12. The fourth-order valence-corrected chi connectivity index (χ4v) is 2.23. The van der Waals surface area contributed by atoms with Gasteiger partial charge in [0.25, 0.3) is 0 Å². The molecule has 18 heavy (non-hydrogen) atoms. The molecule has 0 aliphatic heterocycles. The largest absolute Gasteiger partial charge is 0.488 e. The van der Waals surface area contributed by atoms with Gasteiger partial charge in [-0.3, -0.25) is 0 Å². The number of nitrogens with zero attached hydrogens (tertiary/aromatic N) is 1. The maximum atomic E-state index is 8.71. The second-order valence-electron chi connectivity index (χ2n) is 3.55. The molecule has 4 nitrogen and oxygen atoms in total. The van der Waals surface area contributed by atoms with E-state index in [1.807, 2.05) is 16.8 Å². The maximum Gasteiger partial charge on any atom is 0.173 e. The van der Waals surface area contributed by atoms with Crippen LogP contribution in [0.25, 0.3) is 0 Å². The van der Waals surface area contributed by atoms with Crippen molar-refractivity contribution in [2.45, 2.75) is 6.61 Å². The van der Waals surface area contributed by atoms with E-state index in [1.165, 1.54) is 0 Å². The standard InChI is InChI=1S/C12H11ClN2O2S/c13-9-1-2-10(12(14)15-16)11(5-9)17-6-8-3-4-18-7-8/h1-5,7,16H,6H2,(H2,14,15). The number of oxime groups is 1. The van der Waals surface area contributed by atoms with E-state index < -0.39 is 0 Å². The van der Waals surface area contributed by atoms with Crippen molar-refractivity contribution in [3.63, 3.8) is 0 Å². The fraction of sp³-hybridized carbons (Fsp3) is 0.0833. The minimum atomic E-state index is -0.00742. The number of nitrogens with two attached hydrogens (primary N) is 1. The van der Waals surface area contributed by atoms with E-state index >= 15 is 0 Å².